The molecule has 2 aromatic carbocycles. The molecule has 0 radical (unpaired) electrons. The molecule has 142 valence electrons. The maximum Gasteiger partial charge on any atom is 0.267 e. The van der Waals surface area contributed by atoms with Gasteiger partial charge in [0.15, 0.2) is 0 Å². The Balaban J connectivity index is 2.56. The number of hydroxylamine groups is 1. The standard InChI is InChI=1S/C21H22ClNO4/c1-14(2)3-11-19-16(13-24)5-4-15(6-12-20(25)23-26)21(19)27-18-9-7-17(22)8-10-18/h3-10,12,24,26H,11,13H2,1-2H3,(H,23,25). The van der Waals surface area contributed by atoms with Gasteiger partial charge in [0, 0.05) is 22.2 Å². The molecule has 0 fully saturated rings. The molecule has 0 atom stereocenters. The van der Waals surface area contributed by atoms with E-state index in [4.69, 9.17) is 21.5 Å². The van der Waals surface area contributed by atoms with Gasteiger partial charge in [0.1, 0.15) is 11.5 Å². The van der Waals surface area contributed by atoms with Crippen molar-refractivity contribution >= 4 is 23.6 Å². The molecule has 0 bridgehead atoms. The van der Waals surface area contributed by atoms with Crippen LogP contribution in [0.3, 0.4) is 0 Å². The fourth-order valence-corrected chi connectivity index (χ4v) is 2.57. The van der Waals surface area contributed by atoms with Gasteiger partial charge >= 0.3 is 0 Å². The van der Waals surface area contributed by atoms with Gasteiger partial charge in [-0.2, -0.15) is 0 Å². The summed E-state index contributed by atoms with van der Waals surface area (Å²) in [6, 6.07) is 10.5. The molecule has 27 heavy (non-hydrogen) atoms. The minimum Gasteiger partial charge on any atom is -0.456 e. The van der Waals surface area contributed by atoms with E-state index >= 15 is 0 Å². The Morgan fingerprint density at radius 3 is 2.48 bits per heavy atom. The van der Waals surface area contributed by atoms with Crippen LogP contribution < -0.4 is 10.2 Å². The lowest BCUT2D eigenvalue weighted by molar-refractivity contribution is -0.124. The molecule has 0 aromatic heterocycles. The molecule has 0 spiro atoms. The first kappa shape index (κ1) is 20.7. The second-order valence-electron chi connectivity index (χ2n) is 6.13. The van der Waals surface area contributed by atoms with Gasteiger partial charge in [-0.1, -0.05) is 35.4 Å². The number of halogens is 1. The van der Waals surface area contributed by atoms with Crippen molar-refractivity contribution in [2.45, 2.75) is 26.9 Å². The van der Waals surface area contributed by atoms with Crippen molar-refractivity contribution in [3.05, 3.63) is 75.8 Å². The van der Waals surface area contributed by atoms with Gasteiger partial charge in [-0.25, -0.2) is 5.48 Å². The molecule has 6 heteroatoms. The molecule has 0 heterocycles. The normalized spacial score (nSPS) is 10.7. The van der Waals surface area contributed by atoms with Gasteiger partial charge in [-0.15, -0.1) is 0 Å². The number of hydrogen-bond acceptors (Lipinski definition) is 4. The molecule has 0 unspecified atom stereocenters. The highest BCUT2D eigenvalue weighted by atomic mass is 35.5. The number of aliphatic hydroxyl groups is 1. The lowest BCUT2D eigenvalue weighted by Gasteiger charge is -2.17. The van der Waals surface area contributed by atoms with Crippen molar-refractivity contribution in [1.29, 1.82) is 0 Å². The summed E-state index contributed by atoms with van der Waals surface area (Å²) in [4.78, 5) is 11.4. The van der Waals surface area contributed by atoms with Crippen LogP contribution in [-0.4, -0.2) is 16.2 Å². The molecule has 3 N–H and O–H groups in total. The minimum absolute atomic E-state index is 0.135. The summed E-state index contributed by atoms with van der Waals surface area (Å²) < 4.78 is 6.09. The first-order valence-corrected chi connectivity index (χ1v) is 8.77. The zero-order valence-electron chi connectivity index (χ0n) is 15.2. The summed E-state index contributed by atoms with van der Waals surface area (Å²) in [7, 11) is 0. The Bertz CT molecular complexity index is 853. The monoisotopic (exact) mass is 387 g/mol. The van der Waals surface area contributed by atoms with Gasteiger partial charge < -0.3 is 9.84 Å². The Morgan fingerprint density at radius 1 is 1.19 bits per heavy atom. The largest absolute Gasteiger partial charge is 0.456 e. The highest BCUT2D eigenvalue weighted by Gasteiger charge is 2.14. The van der Waals surface area contributed by atoms with E-state index in [0.29, 0.717) is 28.5 Å². The number of carbonyl (C=O) groups excluding carboxylic acids is 1. The molecule has 5 nitrogen and oxygen atoms in total. The van der Waals surface area contributed by atoms with Gasteiger partial charge in [-0.3, -0.25) is 10.0 Å². The molecule has 0 aliphatic carbocycles. The first-order valence-electron chi connectivity index (χ1n) is 8.39. The lowest BCUT2D eigenvalue weighted by Crippen LogP contribution is -2.14. The average molecular weight is 388 g/mol. The van der Waals surface area contributed by atoms with Gasteiger partial charge in [0.2, 0.25) is 0 Å². The number of allylic oxidation sites excluding steroid dienone is 2. The van der Waals surface area contributed by atoms with Crippen LogP contribution >= 0.6 is 11.6 Å². The number of aliphatic hydroxyl groups excluding tert-OH is 1. The van der Waals surface area contributed by atoms with E-state index in [-0.39, 0.29) is 6.61 Å². The third-order valence-electron chi connectivity index (χ3n) is 3.83. The van der Waals surface area contributed by atoms with E-state index < -0.39 is 5.91 Å². The van der Waals surface area contributed by atoms with E-state index in [1.54, 1.807) is 48.0 Å². The first-order chi connectivity index (χ1) is 12.9. The maximum absolute atomic E-state index is 11.4. The Morgan fingerprint density at radius 2 is 1.89 bits per heavy atom. The van der Waals surface area contributed by atoms with Crippen LogP contribution in [0.4, 0.5) is 0 Å². The summed E-state index contributed by atoms with van der Waals surface area (Å²) >= 11 is 5.93. The highest BCUT2D eigenvalue weighted by Crippen LogP contribution is 2.34. The van der Waals surface area contributed by atoms with Crippen LogP contribution in [0, 0.1) is 0 Å². The van der Waals surface area contributed by atoms with Crippen LogP contribution in [-0.2, 0) is 17.8 Å². The molecule has 2 rings (SSSR count). The van der Waals surface area contributed by atoms with Crippen molar-refractivity contribution in [1.82, 2.24) is 5.48 Å². The predicted molar refractivity (Wildman–Crippen MR) is 106 cm³/mol. The van der Waals surface area contributed by atoms with Gasteiger partial charge in [0.05, 0.1) is 6.61 Å². The molecule has 0 saturated carbocycles. The van der Waals surface area contributed by atoms with Crippen molar-refractivity contribution < 1.29 is 19.8 Å². The number of carbonyl (C=O) groups is 1. The number of hydrogen-bond donors (Lipinski definition) is 3. The van der Waals surface area contributed by atoms with Crippen LogP contribution in [0.15, 0.2) is 54.1 Å². The summed E-state index contributed by atoms with van der Waals surface area (Å²) in [5.41, 5.74) is 4.89. The SMILES string of the molecule is CC(C)=CCc1c(CO)ccc(C=CC(=O)NO)c1Oc1ccc(Cl)cc1. The third kappa shape index (κ3) is 5.96. The average Bonchev–Trinajstić information content (AvgIpc) is 2.66. The Hall–Kier alpha value is -2.60. The molecular formula is C21H22ClNO4. The van der Waals surface area contributed by atoms with Gasteiger partial charge in [-0.05, 0) is 56.2 Å². The summed E-state index contributed by atoms with van der Waals surface area (Å²) in [6.07, 6.45) is 5.35. The van der Waals surface area contributed by atoms with Crippen LogP contribution in [0.25, 0.3) is 6.08 Å². The fraction of sp³-hybridized carbons (Fsp3) is 0.190. The predicted octanol–water partition coefficient (Wildman–Crippen LogP) is 4.65. The lowest BCUT2D eigenvalue weighted by atomic mass is 9.98. The minimum atomic E-state index is -0.649. The van der Waals surface area contributed by atoms with E-state index in [0.717, 1.165) is 16.7 Å². The second-order valence-corrected chi connectivity index (χ2v) is 6.57. The molecular weight excluding hydrogens is 366 g/mol. The van der Waals surface area contributed by atoms with Crippen molar-refractivity contribution in [3.8, 4) is 11.5 Å². The Kier molecular flexibility index (Phi) is 7.61. The van der Waals surface area contributed by atoms with E-state index in [1.807, 2.05) is 19.9 Å². The number of benzene rings is 2. The molecule has 0 aliphatic heterocycles. The number of nitrogens with one attached hydrogen (secondary N) is 1. The quantitative estimate of drug-likeness (QED) is 0.279. The number of amides is 1. The highest BCUT2D eigenvalue weighted by molar-refractivity contribution is 6.30. The smallest absolute Gasteiger partial charge is 0.267 e. The molecule has 0 saturated heterocycles. The van der Waals surface area contributed by atoms with E-state index in [2.05, 4.69) is 0 Å². The van der Waals surface area contributed by atoms with Crippen molar-refractivity contribution in [2.24, 2.45) is 0 Å². The van der Waals surface area contributed by atoms with E-state index in [9.17, 15) is 9.90 Å². The Labute approximate surface area is 163 Å². The zero-order valence-corrected chi connectivity index (χ0v) is 16.0. The summed E-state index contributed by atoms with van der Waals surface area (Å²) in [5, 5.41) is 19.0. The number of ether oxygens (including phenoxy) is 1. The van der Waals surface area contributed by atoms with Crippen LogP contribution in [0.5, 0.6) is 11.5 Å². The van der Waals surface area contributed by atoms with Crippen molar-refractivity contribution in [3.63, 3.8) is 0 Å². The van der Waals surface area contributed by atoms with Gasteiger partial charge in [0.25, 0.3) is 5.91 Å². The maximum atomic E-state index is 11.4. The van der Waals surface area contributed by atoms with E-state index in [1.165, 1.54) is 6.08 Å². The van der Waals surface area contributed by atoms with Crippen LogP contribution in [0.1, 0.15) is 30.5 Å². The molecule has 0 aliphatic rings. The second kappa shape index (κ2) is 9.92. The summed E-state index contributed by atoms with van der Waals surface area (Å²) in [5.74, 6) is 0.460. The topological polar surface area (TPSA) is 78.8 Å². The van der Waals surface area contributed by atoms with Crippen LogP contribution in [0.2, 0.25) is 5.02 Å². The van der Waals surface area contributed by atoms with Crippen molar-refractivity contribution in [2.75, 3.05) is 0 Å². The fourth-order valence-electron chi connectivity index (χ4n) is 2.44. The number of rotatable bonds is 7. The summed E-state index contributed by atoms with van der Waals surface area (Å²) in [6.45, 7) is 3.85. The molecule has 2 aromatic rings. The molecule has 1 amide bonds. The third-order valence-corrected chi connectivity index (χ3v) is 4.08. The zero-order chi connectivity index (χ0) is 19.8.